The number of rotatable bonds is 5. The second-order valence-electron chi connectivity index (χ2n) is 4.93. The highest BCUT2D eigenvalue weighted by Gasteiger charge is 2.32. The minimum atomic E-state index is 0.297. The van der Waals surface area contributed by atoms with Gasteiger partial charge in [-0.2, -0.15) is 0 Å². The van der Waals surface area contributed by atoms with Crippen LogP contribution in [0.3, 0.4) is 0 Å². The van der Waals surface area contributed by atoms with Crippen LogP contribution >= 0.6 is 0 Å². The van der Waals surface area contributed by atoms with Gasteiger partial charge in [0.15, 0.2) is 0 Å². The van der Waals surface area contributed by atoms with Crippen molar-refractivity contribution in [3.63, 3.8) is 0 Å². The summed E-state index contributed by atoms with van der Waals surface area (Å²) >= 11 is 0. The molecule has 5 nitrogen and oxygen atoms in total. The first-order valence-electron chi connectivity index (χ1n) is 6.33. The van der Waals surface area contributed by atoms with E-state index in [2.05, 4.69) is 10.1 Å². The summed E-state index contributed by atoms with van der Waals surface area (Å²) in [5.74, 6) is 0.907. The van der Waals surface area contributed by atoms with Gasteiger partial charge < -0.3 is 14.0 Å². The maximum atomic E-state index is 5.46. The van der Waals surface area contributed by atoms with Gasteiger partial charge in [-0.05, 0) is 20.3 Å². The third-order valence-electron chi connectivity index (χ3n) is 3.72. The van der Waals surface area contributed by atoms with Gasteiger partial charge in [0.2, 0.25) is 0 Å². The maximum absolute atomic E-state index is 5.46. The second kappa shape index (κ2) is 5.82. The van der Waals surface area contributed by atoms with Crippen LogP contribution in [-0.2, 0) is 16.0 Å². The molecule has 2 rings (SSSR count). The number of nitrogens with zero attached hydrogens (tertiary/aromatic N) is 2. The molecule has 1 aliphatic rings. The lowest BCUT2D eigenvalue weighted by atomic mass is 10.1. The van der Waals surface area contributed by atoms with Crippen molar-refractivity contribution in [2.24, 2.45) is 0 Å². The molecular formula is C13H22N2O3. The predicted molar refractivity (Wildman–Crippen MR) is 67.5 cm³/mol. The maximum Gasteiger partial charge on any atom is 0.138 e. The monoisotopic (exact) mass is 254 g/mol. The first-order valence-corrected chi connectivity index (χ1v) is 6.33. The Hall–Kier alpha value is -0.910. The van der Waals surface area contributed by atoms with Crippen LogP contribution in [0.2, 0.25) is 0 Å². The first kappa shape index (κ1) is 13.5. The zero-order valence-electron chi connectivity index (χ0n) is 11.6. The first-order chi connectivity index (χ1) is 8.65. The molecule has 0 amide bonds. The van der Waals surface area contributed by atoms with E-state index in [4.69, 9.17) is 14.0 Å². The molecule has 1 fully saturated rings. The van der Waals surface area contributed by atoms with E-state index in [1.54, 1.807) is 14.2 Å². The van der Waals surface area contributed by atoms with E-state index < -0.39 is 0 Å². The molecule has 2 heterocycles. The lowest BCUT2D eigenvalue weighted by Crippen LogP contribution is -2.32. The molecule has 102 valence electrons. The van der Waals surface area contributed by atoms with E-state index in [1.807, 2.05) is 13.8 Å². The predicted octanol–water partition coefficient (Wildman–Crippen LogP) is 1.53. The molecule has 1 aliphatic heterocycles. The van der Waals surface area contributed by atoms with Crippen LogP contribution in [-0.4, -0.2) is 49.6 Å². The highest BCUT2D eigenvalue weighted by Crippen LogP contribution is 2.24. The van der Waals surface area contributed by atoms with Crippen LogP contribution in [0.5, 0.6) is 0 Å². The number of methoxy groups -OCH3 is 2. The van der Waals surface area contributed by atoms with Crippen LogP contribution in [0.1, 0.15) is 23.4 Å². The van der Waals surface area contributed by atoms with E-state index >= 15 is 0 Å². The molecule has 1 aromatic heterocycles. The van der Waals surface area contributed by atoms with Gasteiger partial charge in [-0.25, -0.2) is 0 Å². The summed E-state index contributed by atoms with van der Waals surface area (Å²) < 4.78 is 16.0. The van der Waals surface area contributed by atoms with Crippen molar-refractivity contribution in [3.05, 3.63) is 17.0 Å². The highest BCUT2D eigenvalue weighted by atomic mass is 16.5. The number of hydrogen-bond donors (Lipinski definition) is 0. The Morgan fingerprint density at radius 3 is 2.72 bits per heavy atom. The average molecular weight is 254 g/mol. The highest BCUT2D eigenvalue weighted by molar-refractivity contribution is 5.21. The Balaban J connectivity index is 2.07. The van der Waals surface area contributed by atoms with Crippen LogP contribution in [0.4, 0.5) is 0 Å². The largest absolute Gasteiger partial charge is 0.383 e. The van der Waals surface area contributed by atoms with Gasteiger partial charge in [0.1, 0.15) is 5.76 Å². The summed E-state index contributed by atoms with van der Waals surface area (Å²) in [5.41, 5.74) is 2.16. The van der Waals surface area contributed by atoms with Crippen molar-refractivity contribution in [1.29, 1.82) is 0 Å². The SMILES string of the molecule is COC[C@@H]1C[C@@H](OC)CN1Cc1c(C)noc1C. The number of aromatic nitrogens is 1. The fourth-order valence-corrected chi connectivity index (χ4v) is 2.60. The molecule has 0 aromatic carbocycles. The fourth-order valence-electron chi connectivity index (χ4n) is 2.60. The lowest BCUT2D eigenvalue weighted by molar-refractivity contribution is 0.105. The zero-order valence-corrected chi connectivity index (χ0v) is 11.6. The third-order valence-corrected chi connectivity index (χ3v) is 3.72. The van der Waals surface area contributed by atoms with Gasteiger partial charge in [-0.15, -0.1) is 0 Å². The molecule has 0 radical (unpaired) electrons. The van der Waals surface area contributed by atoms with Crippen molar-refractivity contribution < 1.29 is 14.0 Å². The number of aryl methyl sites for hydroxylation is 2. The van der Waals surface area contributed by atoms with Crippen LogP contribution in [0.15, 0.2) is 4.52 Å². The summed E-state index contributed by atoms with van der Waals surface area (Å²) in [6.07, 6.45) is 1.32. The van der Waals surface area contributed by atoms with Gasteiger partial charge in [-0.1, -0.05) is 5.16 Å². The molecule has 0 N–H and O–H groups in total. The molecular weight excluding hydrogens is 232 g/mol. The van der Waals surface area contributed by atoms with E-state index in [9.17, 15) is 0 Å². The van der Waals surface area contributed by atoms with Crippen LogP contribution < -0.4 is 0 Å². The molecule has 5 heteroatoms. The summed E-state index contributed by atoms with van der Waals surface area (Å²) in [6.45, 7) is 6.48. The molecule has 0 saturated carbocycles. The lowest BCUT2D eigenvalue weighted by Gasteiger charge is -2.23. The Morgan fingerprint density at radius 2 is 2.17 bits per heavy atom. The normalized spacial score (nSPS) is 24.9. The summed E-state index contributed by atoms with van der Waals surface area (Å²) in [5, 5.41) is 4.00. The zero-order chi connectivity index (χ0) is 13.1. The molecule has 0 aliphatic carbocycles. The molecule has 0 bridgehead atoms. The van der Waals surface area contributed by atoms with Crippen LogP contribution in [0.25, 0.3) is 0 Å². The Bertz CT molecular complexity index is 372. The number of ether oxygens (including phenoxy) is 2. The molecule has 18 heavy (non-hydrogen) atoms. The number of likely N-dealkylation sites (tertiary alicyclic amines) is 1. The summed E-state index contributed by atoms with van der Waals surface area (Å²) in [6, 6.07) is 0.411. The van der Waals surface area contributed by atoms with Gasteiger partial charge in [0.25, 0.3) is 0 Å². The molecule has 0 unspecified atom stereocenters. The van der Waals surface area contributed by atoms with E-state index in [0.717, 1.165) is 37.6 Å². The Kier molecular flexibility index (Phi) is 4.37. The van der Waals surface area contributed by atoms with Gasteiger partial charge >= 0.3 is 0 Å². The molecule has 1 aromatic rings. The van der Waals surface area contributed by atoms with Crippen molar-refractivity contribution in [1.82, 2.24) is 10.1 Å². The molecule has 2 atom stereocenters. The quantitative estimate of drug-likeness (QED) is 0.797. The smallest absolute Gasteiger partial charge is 0.138 e. The topological polar surface area (TPSA) is 47.7 Å². The summed E-state index contributed by atoms with van der Waals surface area (Å²) in [4.78, 5) is 2.39. The van der Waals surface area contributed by atoms with Crippen molar-refractivity contribution >= 4 is 0 Å². The van der Waals surface area contributed by atoms with E-state index in [0.29, 0.717) is 12.1 Å². The summed E-state index contributed by atoms with van der Waals surface area (Å²) in [7, 11) is 3.52. The standard InChI is InChI=1S/C13H22N2O3/c1-9-13(10(2)18-14-9)7-15-6-12(17-4)5-11(15)8-16-3/h11-12H,5-8H2,1-4H3/t11-,12+/m0/s1. The van der Waals surface area contributed by atoms with Crippen molar-refractivity contribution in [2.75, 3.05) is 27.4 Å². The minimum Gasteiger partial charge on any atom is -0.383 e. The Labute approximate surface area is 108 Å². The van der Waals surface area contributed by atoms with Crippen molar-refractivity contribution in [3.8, 4) is 0 Å². The molecule has 1 saturated heterocycles. The van der Waals surface area contributed by atoms with E-state index in [1.165, 1.54) is 5.56 Å². The molecule has 0 spiro atoms. The van der Waals surface area contributed by atoms with Gasteiger partial charge in [0, 0.05) is 38.9 Å². The van der Waals surface area contributed by atoms with Gasteiger partial charge in [-0.3, -0.25) is 4.90 Å². The van der Waals surface area contributed by atoms with Gasteiger partial charge in [0.05, 0.1) is 18.4 Å². The van der Waals surface area contributed by atoms with Crippen molar-refractivity contribution in [2.45, 2.75) is 39.0 Å². The fraction of sp³-hybridized carbons (Fsp3) is 0.769. The van der Waals surface area contributed by atoms with Crippen LogP contribution in [0, 0.1) is 13.8 Å². The second-order valence-corrected chi connectivity index (χ2v) is 4.93. The van der Waals surface area contributed by atoms with E-state index in [-0.39, 0.29) is 0 Å². The number of hydrogen-bond acceptors (Lipinski definition) is 5. The average Bonchev–Trinajstić information content (AvgIpc) is 2.88. The third kappa shape index (κ3) is 2.74. The Morgan fingerprint density at radius 1 is 1.39 bits per heavy atom. The minimum absolute atomic E-state index is 0.297.